The molecule has 0 bridgehead atoms. The highest BCUT2D eigenvalue weighted by Crippen LogP contribution is 2.34. The van der Waals surface area contributed by atoms with Crippen molar-refractivity contribution >= 4 is 0 Å². The van der Waals surface area contributed by atoms with Gasteiger partial charge in [-0.05, 0) is 44.4 Å². The zero-order valence-corrected chi connectivity index (χ0v) is 14.5. The fraction of sp³-hybridized carbons (Fsp3) is 0.429. The van der Waals surface area contributed by atoms with E-state index in [0.717, 1.165) is 30.5 Å². The van der Waals surface area contributed by atoms with Crippen LogP contribution in [0, 0.1) is 6.92 Å². The van der Waals surface area contributed by atoms with Crippen LogP contribution >= 0.6 is 0 Å². The van der Waals surface area contributed by atoms with Crippen LogP contribution in [0.25, 0.3) is 0 Å². The maximum atomic E-state index is 11.1. The second-order valence-corrected chi connectivity index (χ2v) is 7.07. The first kappa shape index (κ1) is 17.2. The van der Waals surface area contributed by atoms with E-state index < -0.39 is 11.7 Å². The lowest BCUT2D eigenvalue weighted by Crippen LogP contribution is -2.50. The van der Waals surface area contributed by atoms with Gasteiger partial charge in [0.05, 0.1) is 6.10 Å². The lowest BCUT2D eigenvalue weighted by Gasteiger charge is -2.43. The van der Waals surface area contributed by atoms with Gasteiger partial charge in [0.15, 0.2) is 0 Å². The van der Waals surface area contributed by atoms with Gasteiger partial charge in [-0.15, -0.1) is 0 Å². The van der Waals surface area contributed by atoms with Gasteiger partial charge in [-0.3, -0.25) is 4.90 Å². The number of aryl methyl sites for hydroxylation is 1. The third-order valence-electron chi connectivity index (χ3n) is 5.26. The largest absolute Gasteiger partial charge is 0.387 e. The van der Waals surface area contributed by atoms with Crippen molar-refractivity contribution in [2.24, 2.45) is 0 Å². The summed E-state index contributed by atoms with van der Waals surface area (Å²) in [5.74, 6) is 0. The predicted molar refractivity (Wildman–Crippen MR) is 96.7 cm³/mol. The molecule has 1 heterocycles. The molecule has 3 nitrogen and oxygen atoms in total. The summed E-state index contributed by atoms with van der Waals surface area (Å²) in [6.07, 6.45) is 1.14. The second kappa shape index (κ2) is 7.06. The maximum absolute atomic E-state index is 11.1. The number of rotatable bonds is 4. The maximum Gasteiger partial charge on any atom is 0.102 e. The predicted octanol–water partition coefficient (Wildman–Crippen LogP) is 3.40. The molecule has 1 saturated heterocycles. The molecule has 0 spiro atoms. The first-order valence-corrected chi connectivity index (χ1v) is 8.76. The monoisotopic (exact) mass is 325 g/mol. The summed E-state index contributed by atoms with van der Waals surface area (Å²) in [7, 11) is 0. The van der Waals surface area contributed by atoms with Crippen LogP contribution in [0.15, 0.2) is 54.6 Å². The van der Waals surface area contributed by atoms with E-state index in [1.165, 1.54) is 5.56 Å². The first-order chi connectivity index (χ1) is 11.5. The van der Waals surface area contributed by atoms with Gasteiger partial charge in [0, 0.05) is 12.6 Å². The number of aliphatic hydroxyl groups is 2. The molecule has 3 atom stereocenters. The normalized spacial score (nSPS) is 24.5. The Bertz CT molecular complexity index is 655. The molecule has 0 aromatic heterocycles. The highest BCUT2D eigenvalue weighted by Gasteiger charge is 2.37. The zero-order valence-electron chi connectivity index (χ0n) is 14.5. The first-order valence-electron chi connectivity index (χ1n) is 8.76. The third-order valence-corrected chi connectivity index (χ3v) is 5.26. The number of hydrogen-bond acceptors (Lipinski definition) is 3. The Balaban J connectivity index is 1.75. The van der Waals surface area contributed by atoms with Crippen molar-refractivity contribution in [2.75, 3.05) is 13.1 Å². The number of piperidine rings is 1. The molecule has 0 aliphatic carbocycles. The Morgan fingerprint density at radius 2 is 1.71 bits per heavy atom. The van der Waals surface area contributed by atoms with Crippen molar-refractivity contribution in [3.8, 4) is 0 Å². The van der Waals surface area contributed by atoms with Crippen LogP contribution < -0.4 is 0 Å². The molecule has 1 fully saturated rings. The second-order valence-electron chi connectivity index (χ2n) is 7.07. The molecule has 3 heteroatoms. The molecule has 24 heavy (non-hydrogen) atoms. The molecule has 2 aromatic rings. The highest BCUT2D eigenvalue weighted by molar-refractivity contribution is 5.25. The molecule has 0 radical (unpaired) electrons. The van der Waals surface area contributed by atoms with E-state index >= 15 is 0 Å². The molecular weight excluding hydrogens is 298 g/mol. The lowest BCUT2D eigenvalue weighted by molar-refractivity contribution is -0.0648. The summed E-state index contributed by atoms with van der Waals surface area (Å²) in [5.41, 5.74) is 2.25. The fourth-order valence-corrected chi connectivity index (χ4v) is 3.64. The van der Waals surface area contributed by atoms with E-state index in [4.69, 9.17) is 0 Å². The van der Waals surface area contributed by atoms with E-state index in [9.17, 15) is 10.2 Å². The van der Waals surface area contributed by atoms with Crippen LogP contribution in [0.3, 0.4) is 0 Å². The zero-order chi connectivity index (χ0) is 17.2. The Morgan fingerprint density at radius 1 is 1.04 bits per heavy atom. The summed E-state index contributed by atoms with van der Waals surface area (Å²) >= 11 is 0. The van der Waals surface area contributed by atoms with E-state index in [1.807, 2.05) is 68.4 Å². The Kier molecular flexibility index (Phi) is 5.04. The molecule has 3 rings (SSSR count). The summed E-state index contributed by atoms with van der Waals surface area (Å²) in [6, 6.07) is 17.9. The van der Waals surface area contributed by atoms with Gasteiger partial charge >= 0.3 is 0 Å². The minimum absolute atomic E-state index is 0.0387. The summed E-state index contributed by atoms with van der Waals surface area (Å²) in [4.78, 5) is 2.21. The Morgan fingerprint density at radius 3 is 2.38 bits per heavy atom. The van der Waals surface area contributed by atoms with Crippen LogP contribution in [-0.2, 0) is 5.60 Å². The van der Waals surface area contributed by atoms with Gasteiger partial charge in [0.1, 0.15) is 5.60 Å². The molecular formula is C21H27NO2. The van der Waals surface area contributed by atoms with Crippen molar-refractivity contribution in [3.63, 3.8) is 0 Å². The van der Waals surface area contributed by atoms with Crippen LogP contribution in [0.4, 0.5) is 0 Å². The molecule has 0 saturated carbocycles. The van der Waals surface area contributed by atoms with E-state index in [0.29, 0.717) is 6.54 Å². The third kappa shape index (κ3) is 3.54. The molecule has 3 unspecified atom stereocenters. The van der Waals surface area contributed by atoms with Crippen LogP contribution in [-0.4, -0.2) is 34.2 Å². The van der Waals surface area contributed by atoms with Crippen molar-refractivity contribution in [1.82, 2.24) is 4.90 Å². The molecule has 1 aliphatic rings. The van der Waals surface area contributed by atoms with Crippen LogP contribution in [0.5, 0.6) is 0 Å². The standard InChI is InChI=1S/C21H27NO2/c1-16-9-11-18(12-10-16)20(23)17(2)22-14-6-13-21(24,15-22)19-7-4-3-5-8-19/h3-5,7-12,17,20,23-24H,6,13-15H2,1-2H3. The fourth-order valence-electron chi connectivity index (χ4n) is 3.64. The lowest BCUT2D eigenvalue weighted by atomic mass is 9.84. The average molecular weight is 325 g/mol. The van der Waals surface area contributed by atoms with E-state index in [2.05, 4.69) is 4.90 Å². The quantitative estimate of drug-likeness (QED) is 0.905. The van der Waals surface area contributed by atoms with E-state index in [1.54, 1.807) is 0 Å². The molecule has 0 amide bonds. The summed E-state index contributed by atoms with van der Waals surface area (Å²) < 4.78 is 0. The molecule has 2 aromatic carbocycles. The van der Waals surface area contributed by atoms with Crippen molar-refractivity contribution < 1.29 is 10.2 Å². The average Bonchev–Trinajstić information content (AvgIpc) is 2.62. The number of benzene rings is 2. The number of hydrogen-bond donors (Lipinski definition) is 2. The number of likely N-dealkylation sites (tertiary alicyclic amines) is 1. The number of aliphatic hydroxyl groups excluding tert-OH is 1. The van der Waals surface area contributed by atoms with Crippen LogP contribution in [0.2, 0.25) is 0 Å². The van der Waals surface area contributed by atoms with E-state index in [-0.39, 0.29) is 6.04 Å². The summed E-state index contributed by atoms with van der Waals surface area (Å²) in [6.45, 7) is 5.55. The minimum atomic E-state index is -0.833. The SMILES string of the molecule is Cc1ccc(C(O)C(C)N2CCCC(O)(c3ccccc3)C2)cc1. The molecule has 128 valence electrons. The topological polar surface area (TPSA) is 43.7 Å². The number of nitrogens with zero attached hydrogens (tertiary/aromatic N) is 1. The van der Waals surface area contributed by atoms with Crippen molar-refractivity contribution in [2.45, 2.75) is 44.4 Å². The van der Waals surface area contributed by atoms with Gasteiger partial charge < -0.3 is 10.2 Å². The van der Waals surface area contributed by atoms with Crippen LogP contribution in [0.1, 0.15) is 42.6 Å². The molecule has 1 aliphatic heterocycles. The van der Waals surface area contributed by atoms with Crippen molar-refractivity contribution in [1.29, 1.82) is 0 Å². The van der Waals surface area contributed by atoms with Gasteiger partial charge in [0.25, 0.3) is 0 Å². The van der Waals surface area contributed by atoms with Gasteiger partial charge in [-0.2, -0.15) is 0 Å². The van der Waals surface area contributed by atoms with Gasteiger partial charge in [0.2, 0.25) is 0 Å². The minimum Gasteiger partial charge on any atom is -0.387 e. The number of β-amino-alcohol motifs (C(OH)–C–C–N with tert-alkyl or cyclic N) is 1. The molecule has 2 N–H and O–H groups in total. The Hall–Kier alpha value is -1.68. The smallest absolute Gasteiger partial charge is 0.102 e. The highest BCUT2D eigenvalue weighted by atomic mass is 16.3. The van der Waals surface area contributed by atoms with Crippen molar-refractivity contribution in [3.05, 3.63) is 71.3 Å². The van der Waals surface area contributed by atoms with Gasteiger partial charge in [-0.1, -0.05) is 60.2 Å². The summed E-state index contributed by atoms with van der Waals surface area (Å²) in [5, 5.41) is 21.9. The van der Waals surface area contributed by atoms with Gasteiger partial charge in [-0.25, -0.2) is 0 Å². The Labute approximate surface area is 144 Å².